The second kappa shape index (κ2) is 6.97. The van der Waals surface area contributed by atoms with E-state index in [2.05, 4.69) is 10.6 Å². The van der Waals surface area contributed by atoms with E-state index in [-0.39, 0.29) is 17.8 Å². The molecule has 1 fully saturated rings. The number of hydrogen-bond donors (Lipinski definition) is 3. The number of nitrogens with one attached hydrogen (secondary N) is 2. The highest BCUT2D eigenvalue weighted by Crippen LogP contribution is 2.31. The number of rotatable bonds is 5. The lowest BCUT2D eigenvalue weighted by molar-refractivity contribution is -0.384. The van der Waals surface area contributed by atoms with E-state index in [1.165, 1.54) is 13.2 Å². The summed E-state index contributed by atoms with van der Waals surface area (Å²) in [6.07, 6.45) is 1.90. The second-order valence-corrected chi connectivity index (χ2v) is 5.28. The van der Waals surface area contributed by atoms with E-state index < -0.39 is 11.0 Å². The van der Waals surface area contributed by atoms with Crippen molar-refractivity contribution in [1.82, 2.24) is 5.32 Å². The summed E-state index contributed by atoms with van der Waals surface area (Å²) in [4.78, 5) is 21.3. The minimum absolute atomic E-state index is 0.00610. The summed E-state index contributed by atoms with van der Waals surface area (Å²) >= 11 is 0. The fourth-order valence-corrected chi connectivity index (χ4v) is 2.69. The first-order valence-corrected chi connectivity index (χ1v) is 7.08. The first-order chi connectivity index (χ1) is 10.5. The smallest absolute Gasteiger partial charge is 0.404 e. The number of benzene rings is 1. The largest absolute Gasteiger partial charge is 0.497 e. The molecule has 1 aromatic carbocycles. The number of hydrogen-bond acceptors (Lipinski definition) is 5. The third-order valence-corrected chi connectivity index (χ3v) is 3.81. The normalized spacial score (nSPS) is 21.0. The van der Waals surface area contributed by atoms with E-state index in [1.54, 1.807) is 12.1 Å². The second-order valence-electron chi connectivity index (χ2n) is 5.28. The summed E-state index contributed by atoms with van der Waals surface area (Å²) < 4.78 is 5.10. The molecular formula is C14H19N3O5. The summed E-state index contributed by atoms with van der Waals surface area (Å²) in [5.74, 6) is 0.550. The predicted molar refractivity (Wildman–Crippen MR) is 80.5 cm³/mol. The van der Waals surface area contributed by atoms with Crippen molar-refractivity contribution in [3.63, 3.8) is 0 Å². The van der Waals surface area contributed by atoms with Crippen LogP contribution in [0, 0.1) is 10.1 Å². The summed E-state index contributed by atoms with van der Waals surface area (Å²) in [5.41, 5.74) is 0.436. The number of nitro benzene ring substituents is 1. The third-order valence-electron chi connectivity index (χ3n) is 3.81. The van der Waals surface area contributed by atoms with Crippen LogP contribution in [0.15, 0.2) is 18.2 Å². The van der Waals surface area contributed by atoms with Crippen molar-refractivity contribution in [3.8, 4) is 5.75 Å². The first-order valence-electron chi connectivity index (χ1n) is 7.08. The lowest BCUT2D eigenvalue weighted by Gasteiger charge is -2.29. The highest BCUT2D eigenvalue weighted by atomic mass is 16.6. The minimum atomic E-state index is -1.01. The third kappa shape index (κ3) is 4.00. The maximum Gasteiger partial charge on any atom is 0.404 e. The number of nitrogens with zero attached hydrogens (tertiary/aromatic N) is 1. The Hall–Kier alpha value is -2.51. The molecule has 8 nitrogen and oxygen atoms in total. The molecule has 3 N–H and O–H groups in total. The molecule has 0 aromatic heterocycles. The van der Waals surface area contributed by atoms with Crippen molar-refractivity contribution >= 4 is 17.5 Å². The van der Waals surface area contributed by atoms with Crippen LogP contribution in [0.3, 0.4) is 0 Å². The van der Waals surface area contributed by atoms with Gasteiger partial charge in [-0.1, -0.05) is 0 Å². The van der Waals surface area contributed by atoms with Crippen molar-refractivity contribution < 1.29 is 19.6 Å². The van der Waals surface area contributed by atoms with Gasteiger partial charge in [0, 0.05) is 24.2 Å². The molecule has 1 aliphatic rings. The number of carboxylic acid groups (broad SMARTS) is 1. The Morgan fingerprint density at radius 3 is 2.50 bits per heavy atom. The van der Waals surface area contributed by atoms with E-state index >= 15 is 0 Å². The zero-order valence-electron chi connectivity index (χ0n) is 12.2. The molecular weight excluding hydrogens is 290 g/mol. The number of carbonyl (C=O) groups is 1. The van der Waals surface area contributed by atoms with Gasteiger partial charge in [-0.15, -0.1) is 0 Å². The van der Waals surface area contributed by atoms with Crippen molar-refractivity contribution in [3.05, 3.63) is 28.3 Å². The molecule has 2 rings (SSSR count). The maximum absolute atomic E-state index is 11.1. The molecule has 0 radical (unpaired) electrons. The van der Waals surface area contributed by atoms with Gasteiger partial charge in [-0.05, 0) is 31.7 Å². The van der Waals surface area contributed by atoms with Crippen LogP contribution in [0.1, 0.15) is 25.7 Å². The van der Waals surface area contributed by atoms with Crippen molar-refractivity contribution in [2.45, 2.75) is 37.8 Å². The molecule has 1 aromatic rings. The summed E-state index contributed by atoms with van der Waals surface area (Å²) in [6, 6.07) is 4.61. The van der Waals surface area contributed by atoms with Gasteiger partial charge in [-0.25, -0.2) is 4.79 Å². The molecule has 0 bridgehead atoms. The molecule has 0 atom stereocenters. The number of methoxy groups -OCH3 is 1. The van der Waals surface area contributed by atoms with Crippen LogP contribution < -0.4 is 15.4 Å². The fraction of sp³-hybridized carbons (Fsp3) is 0.500. The molecule has 0 aliphatic heterocycles. The number of ether oxygens (including phenoxy) is 1. The van der Waals surface area contributed by atoms with Crippen LogP contribution in [0.4, 0.5) is 16.2 Å². The summed E-state index contributed by atoms with van der Waals surface area (Å²) in [6.45, 7) is 0. The van der Waals surface area contributed by atoms with Crippen LogP contribution in [-0.2, 0) is 0 Å². The number of nitro groups is 1. The zero-order valence-corrected chi connectivity index (χ0v) is 12.2. The van der Waals surface area contributed by atoms with E-state index in [0.717, 1.165) is 12.8 Å². The molecule has 120 valence electrons. The quantitative estimate of drug-likeness (QED) is 0.569. The van der Waals surface area contributed by atoms with E-state index in [1.807, 2.05) is 0 Å². The van der Waals surface area contributed by atoms with Gasteiger partial charge in [0.25, 0.3) is 5.69 Å². The molecule has 8 heteroatoms. The Morgan fingerprint density at radius 2 is 1.95 bits per heavy atom. The summed E-state index contributed by atoms with van der Waals surface area (Å²) in [7, 11) is 1.51. The van der Waals surface area contributed by atoms with Gasteiger partial charge in [-0.2, -0.15) is 0 Å². The molecule has 0 heterocycles. The highest BCUT2D eigenvalue weighted by molar-refractivity contribution is 5.65. The van der Waals surface area contributed by atoms with Crippen LogP contribution in [0.25, 0.3) is 0 Å². The van der Waals surface area contributed by atoms with Crippen LogP contribution in [-0.4, -0.2) is 35.3 Å². The standard InChI is InChI=1S/C14H19N3O5/c1-22-11-6-7-13(17(20)21)12(8-11)15-9-2-4-10(5-3-9)16-14(18)19/h6-10,15-16H,2-5H2,1H3,(H,18,19)/t9-,10-. The monoisotopic (exact) mass is 309 g/mol. The minimum Gasteiger partial charge on any atom is -0.497 e. The van der Waals surface area contributed by atoms with Gasteiger partial charge in [0.2, 0.25) is 0 Å². The van der Waals surface area contributed by atoms with Crippen molar-refractivity contribution in [1.29, 1.82) is 0 Å². The van der Waals surface area contributed by atoms with Gasteiger partial charge >= 0.3 is 6.09 Å². The van der Waals surface area contributed by atoms with Gasteiger partial charge in [0.05, 0.1) is 12.0 Å². The Bertz CT molecular complexity index is 555. The Labute approximate surface area is 127 Å². The molecule has 22 heavy (non-hydrogen) atoms. The Kier molecular flexibility index (Phi) is 5.03. The van der Waals surface area contributed by atoms with E-state index in [4.69, 9.17) is 9.84 Å². The van der Waals surface area contributed by atoms with Crippen LogP contribution >= 0.6 is 0 Å². The average Bonchev–Trinajstić information content (AvgIpc) is 2.48. The van der Waals surface area contributed by atoms with E-state index in [0.29, 0.717) is 24.3 Å². The first kappa shape index (κ1) is 15.9. The fourth-order valence-electron chi connectivity index (χ4n) is 2.69. The summed E-state index contributed by atoms with van der Waals surface area (Å²) in [5, 5.41) is 25.4. The molecule has 0 spiro atoms. The Balaban J connectivity index is 2.02. The lowest BCUT2D eigenvalue weighted by atomic mass is 9.91. The Morgan fingerprint density at radius 1 is 1.32 bits per heavy atom. The molecule has 1 saturated carbocycles. The molecule has 1 amide bonds. The van der Waals surface area contributed by atoms with Gasteiger partial charge in [0.1, 0.15) is 11.4 Å². The van der Waals surface area contributed by atoms with Gasteiger partial charge in [0.15, 0.2) is 0 Å². The number of amides is 1. The zero-order chi connectivity index (χ0) is 16.1. The SMILES string of the molecule is COc1ccc([N+](=O)[O-])c(N[C@H]2CC[C@H](NC(=O)O)CC2)c1. The van der Waals surface area contributed by atoms with Crippen LogP contribution in [0.5, 0.6) is 5.75 Å². The lowest BCUT2D eigenvalue weighted by Crippen LogP contribution is -2.39. The molecule has 0 saturated heterocycles. The van der Waals surface area contributed by atoms with Crippen molar-refractivity contribution in [2.24, 2.45) is 0 Å². The molecule has 0 unspecified atom stereocenters. The van der Waals surface area contributed by atoms with Gasteiger partial charge in [-0.3, -0.25) is 10.1 Å². The van der Waals surface area contributed by atoms with E-state index in [9.17, 15) is 14.9 Å². The maximum atomic E-state index is 11.1. The predicted octanol–water partition coefficient (Wildman–Crippen LogP) is 2.59. The van der Waals surface area contributed by atoms with Gasteiger partial charge < -0.3 is 20.5 Å². The van der Waals surface area contributed by atoms with Crippen LogP contribution in [0.2, 0.25) is 0 Å². The topological polar surface area (TPSA) is 114 Å². The van der Waals surface area contributed by atoms with Crippen molar-refractivity contribution in [2.75, 3.05) is 12.4 Å². The average molecular weight is 309 g/mol. The number of anilines is 1. The molecule has 1 aliphatic carbocycles. The highest BCUT2D eigenvalue weighted by Gasteiger charge is 2.24.